The van der Waals surface area contributed by atoms with Crippen LogP contribution in [0, 0.1) is 26.6 Å². The Bertz CT molecular complexity index is 3490. The minimum atomic E-state index is -1.60. The fourth-order valence-electron chi connectivity index (χ4n) is 10.9. The number of hydrogen-bond acceptors (Lipinski definition) is 15. The van der Waals surface area contributed by atoms with E-state index in [4.69, 9.17) is 19.2 Å². The lowest BCUT2D eigenvalue weighted by atomic mass is 9.84. The number of rotatable bonds is 22. The molecule has 4 aliphatic rings. The normalized spacial score (nSPS) is 18.9. The predicted molar refractivity (Wildman–Crippen MR) is 295 cm³/mol. The molecule has 5 atom stereocenters. The summed E-state index contributed by atoms with van der Waals surface area (Å²) in [5.74, 6) is -5.69. The molecule has 424 valence electrons. The number of nitrogens with one attached hydrogen (secondary N) is 5. The number of fused-ring (bicyclic) bond motifs is 6. The number of halogens is 1. The molecule has 0 spiro atoms. The SMILES string of the molecule is C=C1OCc2c(cc3n(c2=O)C2c4c-3nc3cc(F)c(C)cc3c4C[C@@H]2OCCOCNC(=O)CNC(=O)[C@H](Cc2ccccc2)NC(=O)CNC(=O)CNC(=O)C(=O)Cc2c(C)cc(N3C(=O)CC(SC)C3=O)cc2C)[C@@]1(O)CC. The Morgan fingerprint density at radius 1 is 0.889 bits per heavy atom. The van der Waals surface area contributed by atoms with Crippen molar-refractivity contribution in [2.24, 2.45) is 0 Å². The number of aromatic nitrogens is 2. The highest BCUT2D eigenvalue weighted by Crippen LogP contribution is 2.51. The maximum atomic E-state index is 14.9. The molecule has 23 heteroatoms. The van der Waals surface area contributed by atoms with E-state index in [2.05, 4.69) is 33.2 Å². The van der Waals surface area contributed by atoms with Gasteiger partial charge in [-0.3, -0.25) is 47.7 Å². The highest BCUT2D eigenvalue weighted by atomic mass is 32.2. The number of ether oxygens (including phenoxy) is 3. The van der Waals surface area contributed by atoms with Gasteiger partial charge in [-0.25, -0.2) is 14.3 Å². The summed E-state index contributed by atoms with van der Waals surface area (Å²) in [6.07, 6.45) is 1.56. The van der Waals surface area contributed by atoms with E-state index in [0.717, 1.165) is 21.4 Å². The summed E-state index contributed by atoms with van der Waals surface area (Å²) in [7, 11) is 0. The quantitative estimate of drug-likeness (QED) is 0.0252. The van der Waals surface area contributed by atoms with E-state index >= 15 is 0 Å². The van der Waals surface area contributed by atoms with Crippen LogP contribution in [0.15, 0.2) is 77.8 Å². The second-order valence-electron chi connectivity index (χ2n) is 20.3. The zero-order valence-electron chi connectivity index (χ0n) is 45.2. The topological polar surface area (TPSA) is 283 Å². The Hall–Kier alpha value is -8.12. The average molecular weight is 1130 g/mol. The molecule has 1 saturated heterocycles. The van der Waals surface area contributed by atoms with E-state index in [1.54, 1.807) is 93.1 Å². The van der Waals surface area contributed by atoms with Gasteiger partial charge in [-0.15, -0.1) is 0 Å². The van der Waals surface area contributed by atoms with Gasteiger partial charge in [0.05, 0.1) is 78.4 Å². The number of Topliss-reactive ketones (excluding diaryl/α,β-unsaturated/α-hetero) is 1. The van der Waals surface area contributed by atoms with Gasteiger partial charge in [-0.1, -0.05) is 43.8 Å². The molecule has 1 aliphatic carbocycles. The lowest BCUT2D eigenvalue weighted by Crippen LogP contribution is -2.52. The Kier molecular flexibility index (Phi) is 17.0. The number of carbonyl (C=O) groups is 8. The summed E-state index contributed by atoms with van der Waals surface area (Å²) in [6.45, 7) is 8.75. The van der Waals surface area contributed by atoms with Crippen molar-refractivity contribution in [3.63, 3.8) is 0 Å². The molecule has 0 radical (unpaired) electrons. The summed E-state index contributed by atoms with van der Waals surface area (Å²) < 4.78 is 34.4. The van der Waals surface area contributed by atoms with Crippen LogP contribution in [-0.4, -0.2) is 125 Å². The minimum absolute atomic E-state index is 0.0175. The Morgan fingerprint density at radius 3 is 2.30 bits per heavy atom. The third-order valence-corrected chi connectivity index (χ3v) is 16.1. The maximum absolute atomic E-state index is 14.9. The van der Waals surface area contributed by atoms with Gasteiger partial charge in [0.15, 0.2) is 0 Å². The Morgan fingerprint density at radius 2 is 1.59 bits per heavy atom. The van der Waals surface area contributed by atoms with E-state index in [-0.39, 0.29) is 75.4 Å². The molecule has 9 rings (SSSR count). The molecule has 5 aromatic rings. The number of thioether (sulfide) groups is 1. The second kappa shape index (κ2) is 23.9. The van der Waals surface area contributed by atoms with Crippen molar-refractivity contribution >= 4 is 75.5 Å². The third kappa shape index (κ3) is 11.6. The van der Waals surface area contributed by atoms with Crippen LogP contribution in [0.2, 0.25) is 0 Å². The summed E-state index contributed by atoms with van der Waals surface area (Å²) in [4.78, 5) is 124. The van der Waals surface area contributed by atoms with Crippen molar-refractivity contribution in [3.8, 4) is 11.4 Å². The van der Waals surface area contributed by atoms with E-state index in [1.165, 1.54) is 17.8 Å². The number of carbonyl (C=O) groups excluding carboxylic acids is 8. The van der Waals surface area contributed by atoms with E-state index < -0.39 is 89.8 Å². The van der Waals surface area contributed by atoms with E-state index in [9.17, 15) is 52.6 Å². The summed E-state index contributed by atoms with van der Waals surface area (Å²) >= 11 is 1.29. The summed E-state index contributed by atoms with van der Waals surface area (Å²) in [6, 6.07) is 15.1. The van der Waals surface area contributed by atoms with Crippen LogP contribution >= 0.6 is 11.8 Å². The molecule has 2 unspecified atom stereocenters. The van der Waals surface area contributed by atoms with Crippen LogP contribution in [-0.2, 0) is 84.0 Å². The molecule has 81 heavy (non-hydrogen) atoms. The molecule has 5 heterocycles. The monoisotopic (exact) mass is 1130 g/mol. The largest absolute Gasteiger partial charge is 0.490 e. The van der Waals surface area contributed by atoms with Crippen molar-refractivity contribution in [2.75, 3.05) is 50.7 Å². The first-order chi connectivity index (χ1) is 38.7. The molecule has 0 saturated carbocycles. The van der Waals surface area contributed by atoms with Crippen LogP contribution in [0.3, 0.4) is 0 Å². The second-order valence-corrected chi connectivity index (χ2v) is 21.4. The summed E-state index contributed by atoms with van der Waals surface area (Å²) in [5, 5.41) is 24.2. The molecule has 3 aromatic carbocycles. The molecular formula is C58H61FN8O13S. The van der Waals surface area contributed by atoms with Crippen LogP contribution in [0.5, 0.6) is 0 Å². The first kappa shape index (κ1) is 57.6. The van der Waals surface area contributed by atoms with Crippen LogP contribution in [0.25, 0.3) is 22.3 Å². The number of imide groups is 1. The number of pyridine rings is 2. The molecule has 3 aliphatic heterocycles. The predicted octanol–water partition coefficient (Wildman–Crippen LogP) is 2.59. The molecule has 21 nitrogen and oxygen atoms in total. The Balaban J connectivity index is 0.733. The minimum Gasteiger partial charge on any atom is -0.490 e. The van der Waals surface area contributed by atoms with Gasteiger partial charge in [0.25, 0.3) is 11.5 Å². The molecular weight excluding hydrogens is 1070 g/mol. The number of nitrogens with zero attached hydrogens (tertiary/aromatic N) is 3. The van der Waals surface area contributed by atoms with Crippen molar-refractivity contribution < 1.29 is 62.1 Å². The van der Waals surface area contributed by atoms with Crippen molar-refractivity contribution in [1.29, 1.82) is 0 Å². The number of aryl methyl sites for hydroxylation is 3. The number of hydrogen-bond donors (Lipinski definition) is 6. The number of ketones is 1. The average Bonchev–Trinajstić information content (AvgIpc) is 4.31. The van der Waals surface area contributed by atoms with Crippen LogP contribution < -0.4 is 37.0 Å². The van der Waals surface area contributed by atoms with Gasteiger partial charge in [0.1, 0.15) is 36.6 Å². The number of benzene rings is 3. The molecule has 2 aromatic heterocycles. The van der Waals surface area contributed by atoms with Gasteiger partial charge in [0.2, 0.25) is 41.2 Å². The van der Waals surface area contributed by atoms with Gasteiger partial charge in [0, 0.05) is 48.3 Å². The lowest BCUT2D eigenvalue weighted by Gasteiger charge is -2.36. The van der Waals surface area contributed by atoms with Gasteiger partial charge >= 0.3 is 0 Å². The Labute approximate surface area is 468 Å². The zero-order chi connectivity index (χ0) is 58.0. The highest BCUT2D eigenvalue weighted by molar-refractivity contribution is 8.00. The molecule has 1 fully saturated rings. The zero-order valence-corrected chi connectivity index (χ0v) is 46.1. The first-order valence-corrected chi connectivity index (χ1v) is 27.6. The molecule has 7 amide bonds. The van der Waals surface area contributed by atoms with Crippen molar-refractivity contribution in [2.45, 2.75) is 95.4 Å². The fraction of sp³-hybridized carbons (Fsp3) is 0.379. The fourth-order valence-corrected chi connectivity index (χ4v) is 11.5. The number of anilines is 1. The molecule has 0 bridgehead atoms. The van der Waals surface area contributed by atoms with Crippen LogP contribution in [0.1, 0.15) is 75.9 Å². The highest BCUT2D eigenvalue weighted by Gasteiger charge is 2.48. The number of amides is 7. The number of aliphatic hydroxyl groups is 1. The maximum Gasteiger partial charge on any atom is 0.288 e. The standard InChI is InChI=1S/C58H61FN8O13S/c1-7-58(77)32(5)80-27-38-39(58)21-43-52-51-37(36-17-31(4)40(59)22-41(36)65-52)20-45(53(51)67(43)56(38)75)79-14-13-78-28-63-48(70)25-61-54(73)42(18-33-11-9-8-10-12-33)64-49(71)26-60-47(69)24-62-55(74)44(68)19-35-29(2)15-34(16-30(35)3)66-50(72)23-46(81-6)57(66)76/h8-12,15-17,21-22,42,45-46,53,77H,5,7,13-14,18-20,23-28H2,1-4,6H3,(H,60,69)(H,61,73)(H,62,74)(H,63,70)(H,64,71)/t42-,45-,46?,53?,58+/m0/s1. The van der Waals surface area contributed by atoms with E-state index in [1.807, 2.05) is 0 Å². The van der Waals surface area contributed by atoms with Gasteiger partial charge in [-0.05, 0) is 91.1 Å². The smallest absolute Gasteiger partial charge is 0.288 e. The van der Waals surface area contributed by atoms with Gasteiger partial charge < -0.3 is 45.9 Å². The van der Waals surface area contributed by atoms with E-state index in [0.29, 0.717) is 68.0 Å². The van der Waals surface area contributed by atoms with Gasteiger partial charge in [-0.2, -0.15) is 11.8 Å². The van der Waals surface area contributed by atoms with Crippen molar-refractivity contribution in [3.05, 3.63) is 139 Å². The van der Waals surface area contributed by atoms with Crippen molar-refractivity contribution in [1.82, 2.24) is 36.1 Å². The lowest BCUT2D eigenvalue weighted by molar-refractivity contribution is -0.138. The first-order valence-electron chi connectivity index (χ1n) is 26.3. The third-order valence-electron chi connectivity index (χ3n) is 15.2. The summed E-state index contributed by atoms with van der Waals surface area (Å²) in [5.41, 5.74) is 4.94. The molecule has 6 N–H and O–H groups in total. The van der Waals surface area contributed by atoms with Crippen LogP contribution in [0.4, 0.5) is 10.1 Å².